The summed E-state index contributed by atoms with van der Waals surface area (Å²) in [7, 11) is 1.43. The zero-order valence-electron chi connectivity index (χ0n) is 9.82. The highest BCUT2D eigenvalue weighted by Crippen LogP contribution is 2.19. The van der Waals surface area contributed by atoms with E-state index in [4.69, 9.17) is 4.74 Å². The van der Waals surface area contributed by atoms with E-state index in [0.717, 1.165) is 32.5 Å². The maximum absolute atomic E-state index is 11.3. The molecule has 1 heterocycles. The lowest BCUT2D eigenvalue weighted by molar-refractivity contribution is -0.144. The Morgan fingerprint density at radius 3 is 2.80 bits per heavy atom. The molecule has 4 nitrogen and oxygen atoms in total. The molecule has 0 spiro atoms. The number of nitrogens with zero attached hydrogens (tertiary/aromatic N) is 1. The van der Waals surface area contributed by atoms with E-state index in [2.05, 4.69) is 4.90 Å². The highest BCUT2D eigenvalue weighted by Gasteiger charge is 2.29. The summed E-state index contributed by atoms with van der Waals surface area (Å²) in [5, 5.41) is 9.58. The normalized spacial score (nSPS) is 23.1. The van der Waals surface area contributed by atoms with Gasteiger partial charge < -0.3 is 14.7 Å². The van der Waals surface area contributed by atoms with Gasteiger partial charge in [0.1, 0.15) is 0 Å². The van der Waals surface area contributed by atoms with Crippen LogP contribution in [-0.2, 0) is 9.53 Å². The summed E-state index contributed by atoms with van der Waals surface area (Å²) >= 11 is 0. The number of likely N-dealkylation sites (tertiary alicyclic amines) is 1. The van der Waals surface area contributed by atoms with Crippen LogP contribution in [0, 0.1) is 5.92 Å². The number of methoxy groups -OCH3 is 1. The van der Waals surface area contributed by atoms with Crippen LogP contribution in [0.5, 0.6) is 0 Å². The van der Waals surface area contributed by atoms with Crippen LogP contribution < -0.4 is 0 Å². The molecule has 15 heavy (non-hydrogen) atoms. The average Bonchev–Trinajstić information content (AvgIpc) is 2.61. The number of hydrogen-bond acceptors (Lipinski definition) is 4. The highest BCUT2D eigenvalue weighted by atomic mass is 16.5. The second kappa shape index (κ2) is 4.94. The summed E-state index contributed by atoms with van der Waals surface area (Å²) in [6.07, 6.45) is 1.61. The summed E-state index contributed by atoms with van der Waals surface area (Å²) in [4.78, 5) is 13.5. The molecular formula is C11H21NO3. The Balaban J connectivity index is 2.28. The first-order valence-corrected chi connectivity index (χ1v) is 5.45. The van der Waals surface area contributed by atoms with Crippen LogP contribution in [0.1, 0.15) is 26.7 Å². The zero-order valence-corrected chi connectivity index (χ0v) is 9.82. The molecule has 0 aromatic rings. The zero-order chi connectivity index (χ0) is 11.5. The standard InChI is InChI=1S/C11H21NO3/c1-11(2,14)5-7-12-6-4-9(8-12)10(13)15-3/h9,14H,4-8H2,1-3H3. The first-order valence-electron chi connectivity index (χ1n) is 5.45. The Hall–Kier alpha value is -0.610. The van der Waals surface area contributed by atoms with Crippen LogP contribution in [0.25, 0.3) is 0 Å². The van der Waals surface area contributed by atoms with Crippen molar-refractivity contribution in [3.63, 3.8) is 0 Å². The smallest absolute Gasteiger partial charge is 0.310 e. The van der Waals surface area contributed by atoms with Gasteiger partial charge in [-0.15, -0.1) is 0 Å². The molecule has 0 aliphatic carbocycles. The van der Waals surface area contributed by atoms with E-state index in [0.29, 0.717) is 0 Å². The third kappa shape index (κ3) is 4.18. The molecule has 0 bridgehead atoms. The first kappa shape index (κ1) is 12.5. The molecule has 1 fully saturated rings. The summed E-state index contributed by atoms with van der Waals surface area (Å²) in [6, 6.07) is 0. The van der Waals surface area contributed by atoms with E-state index in [1.165, 1.54) is 7.11 Å². The van der Waals surface area contributed by atoms with Crippen molar-refractivity contribution in [2.24, 2.45) is 5.92 Å². The molecule has 0 saturated carbocycles. The quantitative estimate of drug-likeness (QED) is 0.699. The molecule has 1 aliphatic heterocycles. The van der Waals surface area contributed by atoms with E-state index in [9.17, 15) is 9.90 Å². The third-order valence-corrected chi connectivity index (χ3v) is 2.85. The molecule has 88 valence electrons. The van der Waals surface area contributed by atoms with Crippen molar-refractivity contribution in [1.29, 1.82) is 0 Å². The lowest BCUT2D eigenvalue weighted by atomic mass is 10.1. The maximum Gasteiger partial charge on any atom is 0.310 e. The van der Waals surface area contributed by atoms with Gasteiger partial charge in [0.2, 0.25) is 0 Å². The monoisotopic (exact) mass is 215 g/mol. The fourth-order valence-corrected chi connectivity index (χ4v) is 1.83. The predicted molar refractivity (Wildman–Crippen MR) is 57.5 cm³/mol. The Kier molecular flexibility index (Phi) is 4.11. The third-order valence-electron chi connectivity index (χ3n) is 2.85. The van der Waals surface area contributed by atoms with Gasteiger partial charge in [-0.25, -0.2) is 0 Å². The van der Waals surface area contributed by atoms with Gasteiger partial charge in [0, 0.05) is 13.1 Å². The topological polar surface area (TPSA) is 49.8 Å². The summed E-state index contributed by atoms with van der Waals surface area (Å²) in [6.45, 7) is 6.15. The second-order valence-electron chi connectivity index (χ2n) is 4.87. The molecule has 1 aliphatic rings. The summed E-state index contributed by atoms with van der Waals surface area (Å²) in [5.41, 5.74) is -0.622. The molecular weight excluding hydrogens is 194 g/mol. The maximum atomic E-state index is 11.3. The number of aliphatic hydroxyl groups is 1. The largest absolute Gasteiger partial charge is 0.469 e. The Labute approximate surface area is 91.2 Å². The fraction of sp³-hybridized carbons (Fsp3) is 0.909. The summed E-state index contributed by atoms with van der Waals surface area (Å²) < 4.78 is 4.71. The minimum atomic E-state index is -0.622. The number of hydrogen-bond donors (Lipinski definition) is 1. The van der Waals surface area contributed by atoms with E-state index >= 15 is 0 Å². The summed E-state index contributed by atoms with van der Waals surface area (Å²) in [5.74, 6) is -0.0856. The highest BCUT2D eigenvalue weighted by molar-refractivity contribution is 5.72. The molecule has 4 heteroatoms. The van der Waals surface area contributed by atoms with E-state index in [1.807, 2.05) is 0 Å². The number of ether oxygens (including phenoxy) is 1. The minimum absolute atomic E-state index is 0.0248. The van der Waals surface area contributed by atoms with Crippen molar-refractivity contribution >= 4 is 5.97 Å². The van der Waals surface area contributed by atoms with Crippen molar-refractivity contribution in [3.8, 4) is 0 Å². The van der Waals surface area contributed by atoms with Crippen molar-refractivity contribution in [2.45, 2.75) is 32.3 Å². The van der Waals surface area contributed by atoms with E-state index in [-0.39, 0.29) is 11.9 Å². The van der Waals surface area contributed by atoms with Gasteiger partial charge >= 0.3 is 5.97 Å². The average molecular weight is 215 g/mol. The Morgan fingerprint density at radius 1 is 1.60 bits per heavy atom. The van der Waals surface area contributed by atoms with Gasteiger partial charge in [0.15, 0.2) is 0 Å². The van der Waals surface area contributed by atoms with Crippen LogP contribution in [0.15, 0.2) is 0 Å². The first-order chi connectivity index (χ1) is 6.92. The molecule has 1 atom stereocenters. The van der Waals surface area contributed by atoms with Crippen molar-refractivity contribution < 1.29 is 14.6 Å². The fourth-order valence-electron chi connectivity index (χ4n) is 1.83. The lowest BCUT2D eigenvalue weighted by Crippen LogP contribution is -2.30. The van der Waals surface area contributed by atoms with Crippen LogP contribution in [0.3, 0.4) is 0 Å². The van der Waals surface area contributed by atoms with Gasteiger partial charge in [-0.2, -0.15) is 0 Å². The Morgan fingerprint density at radius 2 is 2.27 bits per heavy atom. The van der Waals surface area contributed by atoms with Crippen molar-refractivity contribution in [3.05, 3.63) is 0 Å². The van der Waals surface area contributed by atoms with Crippen molar-refractivity contribution in [2.75, 3.05) is 26.7 Å². The molecule has 1 N–H and O–H groups in total. The van der Waals surface area contributed by atoms with Gasteiger partial charge in [-0.1, -0.05) is 0 Å². The number of rotatable bonds is 4. The molecule has 0 aromatic carbocycles. The molecule has 1 saturated heterocycles. The molecule has 0 radical (unpaired) electrons. The minimum Gasteiger partial charge on any atom is -0.469 e. The van der Waals surface area contributed by atoms with Crippen LogP contribution in [0.4, 0.5) is 0 Å². The van der Waals surface area contributed by atoms with Gasteiger partial charge in [-0.05, 0) is 33.2 Å². The Bertz CT molecular complexity index is 222. The lowest BCUT2D eigenvalue weighted by Gasteiger charge is -2.22. The van der Waals surface area contributed by atoms with Gasteiger partial charge in [0.25, 0.3) is 0 Å². The molecule has 0 amide bonds. The van der Waals surface area contributed by atoms with Gasteiger partial charge in [0.05, 0.1) is 18.6 Å². The van der Waals surface area contributed by atoms with Crippen LogP contribution >= 0.6 is 0 Å². The van der Waals surface area contributed by atoms with Crippen LogP contribution in [-0.4, -0.2) is 48.3 Å². The van der Waals surface area contributed by atoms with E-state index < -0.39 is 5.60 Å². The molecule has 1 unspecified atom stereocenters. The van der Waals surface area contributed by atoms with Gasteiger partial charge in [-0.3, -0.25) is 4.79 Å². The predicted octanol–water partition coefficient (Wildman–Crippen LogP) is 0.642. The van der Waals surface area contributed by atoms with Crippen LogP contribution in [0.2, 0.25) is 0 Å². The SMILES string of the molecule is COC(=O)C1CCN(CCC(C)(C)O)C1. The van der Waals surface area contributed by atoms with Crippen molar-refractivity contribution in [1.82, 2.24) is 4.90 Å². The number of carbonyl (C=O) groups excluding carboxylic acids is 1. The number of esters is 1. The molecule has 1 rings (SSSR count). The second-order valence-corrected chi connectivity index (χ2v) is 4.87. The number of carbonyl (C=O) groups is 1. The molecule has 0 aromatic heterocycles. The van der Waals surface area contributed by atoms with E-state index in [1.54, 1.807) is 13.8 Å².